The Labute approximate surface area is 73.7 Å². The summed E-state index contributed by atoms with van der Waals surface area (Å²) < 4.78 is 10.4. The predicted octanol–water partition coefficient (Wildman–Crippen LogP) is 1.16. The average Bonchev–Trinajstić information content (AvgIpc) is 2.03. The van der Waals surface area contributed by atoms with Crippen molar-refractivity contribution in [2.24, 2.45) is 5.92 Å². The van der Waals surface area contributed by atoms with E-state index in [9.17, 15) is 5.11 Å². The quantitative estimate of drug-likeness (QED) is 0.697. The monoisotopic (exact) mass is 174 g/mol. The van der Waals surface area contributed by atoms with Crippen molar-refractivity contribution < 1.29 is 14.6 Å². The van der Waals surface area contributed by atoms with Crippen molar-refractivity contribution in [1.29, 1.82) is 0 Å². The summed E-state index contributed by atoms with van der Waals surface area (Å²) >= 11 is 0. The van der Waals surface area contributed by atoms with E-state index in [2.05, 4.69) is 13.8 Å². The van der Waals surface area contributed by atoms with Gasteiger partial charge in [-0.1, -0.05) is 13.8 Å². The van der Waals surface area contributed by atoms with Crippen LogP contribution in [0.1, 0.15) is 26.7 Å². The molecule has 0 radical (unpaired) electrons. The van der Waals surface area contributed by atoms with Gasteiger partial charge in [0.2, 0.25) is 0 Å². The minimum atomic E-state index is -1.01. The van der Waals surface area contributed by atoms with E-state index in [0.717, 1.165) is 6.42 Å². The fraction of sp³-hybridized carbons (Fsp3) is 1.00. The summed E-state index contributed by atoms with van der Waals surface area (Å²) in [6, 6.07) is 0. The summed E-state index contributed by atoms with van der Waals surface area (Å²) in [5.41, 5.74) is 0. The average molecular weight is 174 g/mol. The highest BCUT2D eigenvalue weighted by molar-refractivity contribution is 4.70. The number of hydrogen-bond acceptors (Lipinski definition) is 3. The Hall–Kier alpha value is -0.120. The molecule has 0 bridgehead atoms. The van der Waals surface area contributed by atoms with Crippen molar-refractivity contribution in [3.63, 3.8) is 0 Å². The molecule has 0 aromatic rings. The van der Waals surface area contributed by atoms with Gasteiger partial charge in [0.1, 0.15) is 6.61 Å². The van der Waals surface area contributed by atoms with E-state index in [4.69, 9.17) is 9.47 Å². The summed E-state index contributed by atoms with van der Waals surface area (Å²) in [5.74, 6) is -0.415. The van der Waals surface area contributed by atoms with E-state index in [1.165, 1.54) is 0 Å². The molecule has 1 atom stereocenters. The maximum absolute atomic E-state index is 9.77. The van der Waals surface area contributed by atoms with Crippen LogP contribution in [0.4, 0.5) is 0 Å². The third-order valence-electron chi connectivity index (χ3n) is 2.04. The molecule has 0 saturated carbocycles. The first-order valence-electron chi connectivity index (χ1n) is 4.56. The Kier molecular flexibility index (Phi) is 3.50. The van der Waals surface area contributed by atoms with Gasteiger partial charge >= 0.3 is 0 Å². The molecule has 1 rings (SSSR count). The van der Waals surface area contributed by atoms with Gasteiger partial charge in [-0.2, -0.15) is 0 Å². The molecule has 1 heterocycles. The van der Waals surface area contributed by atoms with Crippen LogP contribution in [-0.2, 0) is 9.47 Å². The molecule has 1 fully saturated rings. The van der Waals surface area contributed by atoms with Crippen LogP contribution in [0.15, 0.2) is 0 Å². The van der Waals surface area contributed by atoms with E-state index >= 15 is 0 Å². The van der Waals surface area contributed by atoms with Crippen molar-refractivity contribution in [3.8, 4) is 0 Å². The highest BCUT2D eigenvalue weighted by atomic mass is 16.7. The lowest BCUT2D eigenvalue weighted by Crippen LogP contribution is -2.43. The zero-order chi connectivity index (χ0) is 9.03. The first-order valence-corrected chi connectivity index (χ1v) is 4.56. The van der Waals surface area contributed by atoms with Crippen LogP contribution in [-0.4, -0.2) is 30.7 Å². The summed E-state index contributed by atoms with van der Waals surface area (Å²) in [6.07, 6.45) is 1.64. The Morgan fingerprint density at radius 3 is 2.67 bits per heavy atom. The van der Waals surface area contributed by atoms with Crippen molar-refractivity contribution in [2.45, 2.75) is 32.5 Å². The predicted molar refractivity (Wildman–Crippen MR) is 45.8 cm³/mol. The second kappa shape index (κ2) is 4.21. The molecule has 12 heavy (non-hydrogen) atoms. The van der Waals surface area contributed by atoms with E-state index in [1.807, 2.05) is 0 Å². The Morgan fingerprint density at radius 1 is 1.42 bits per heavy atom. The largest absolute Gasteiger partial charge is 0.373 e. The molecule has 1 aliphatic rings. The molecule has 0 aliphatic carbocycles. The second-order valence-corrected chi connectivity index (χ2v) is 3.78. The summed E-state index contributed by atoms with van der Waals surface area (Å²) in [6.45, 7) is 5.69. The van der Waals surface area contributed by atoms with Crippen LogP contribution < -0.4 is 0 Å². The molecule has 72 valence electrons. The van der Waals surface area contributed by atoms with Gasteiger partial charge in [-0.25, -0.2) is 0 Å². The van der Waals surface area contributed by atoms with Crippen molar-refractivity contribution in [1.82, 2.24) is 0 Å². The van der Waals surface area contributed by atoms with Gasteiger partial charge in [-0.15, -0.1) is 0 Å². The molecule has 1 N–H and O–H groups in total. The zero-order valence-corrected chi connectivity index (χ0v) is 7.88. The molecule has 1 unspecified atom stereocenters. The van der Waals surface area contributed by atoms with Crippen LogP contribution in [0.2, 0.25) is 0 Å². The molecule has 3 heteroatoms. The minimum Gasteiger partial charge on any atom is -0.373 e. The molecule has 1 saturated heterocycles. The van der Waals surface area contributed by atoms with Crippen molar-refractivity contribution in [2.75, 3.05) is 19.8 Å². The first-order chi connectivity index (χ1) is 5.62. The fourth-order valence-corrected chi connectivity index (χ4v) is 1.22. The van der Waals surface area contributed by atoms with Crippen LogP contribution in [0.25, 0.3) is 0 Å². The topological polar surface area (TPSA) is 38.7 Å². The number of rotatable bonds is 3. The van der Waals surface area contributed by atoms with Gasteiger partial charge in [0.05, 0.1) is 13.2 Å². The molecule has 0 aromatic heterocycles. The van der Waals surface area contributed by atoms with Crippen molar-refractivity contribution in [3.05, 3.63) is 0 Å². The van der Waals surface area contributed by atoms with Crippen LogP contribution in [0.3, 0.4) is 0 Å². The molecular formula is C9H18O3. The Morgan fingerprint density at radius 2 is 2.17 bits per heavy atom. The van der Waals surface area contributed by atoms with Crippen LogP contribution in [0.5, 0.6) is 0 Å². The third kappa shape index (κ3) is 3.09. The lowest BCUT2D eigenvalue weighted by molar-refractivity contribution is -0.272. The molecular weight excluding hydrogens is 156 g/mol. The van der Waals surface area contributed by atoms with Crippen LogP contribution >= 0.6 is 0 Å². The maximum atomic E-state index is 9.77. The molecule has 3 nitrogen and oxygen atoms in total. The van der Waals surface area contributed by atoms with E-state index in [-0.39, 0.29) is 0 Å². The van der Waals surface area contributed by atoms with Gasteiger partial charge in [0, 0.05) is 6.42 Å². The SMILES string of the molecule is CC(C)CCC1(O)COCCO1. The second-order valence-electron chi connectivity index (χ2n) is 3.78. The summed E-state index contributed by atoms with van der Waals surface area (Å²) in [5, 5.41) is 9.77. The molecule has 0 spiro atoms. The van der Waals surface area contributed by atoms with E-state index in [0.29, 0.717) is 32.2 Å². The number of aliphatic hydroxyl groups is 1. The molecule has 0 aromatic carbocycles. The smallest absolute Gasteiger partial charge is 0.189 e. The van der Waals surface area contributed by atoms with Crippen molar-refractivity contribution >= 4 is 0 Å². The van der Waals surface area contributed by atoms with E-state index in [1.54, 1.807) is 0 Å². The van der Waals surface area contributed by atoms with Gasteiger partial charge in [-0.3, -0.25) is 0 Å². The van der Waals surface area contributed by atoms with E-state index < -0.39 is 5.79 Å². The Bertz CT molecular complexity index is 128. The van der Waals surface area contributed by atoms with Gasteiger partial charge < -0.3 is 14.6 Å². The zero-order valence-electron chi connectivity index (χ0n) is 7.88. The fourth-order valence-electron chi connectivity index (χ4n) is 1.22. The minimum absolute atomic E-state index is 0.319. The maximum Gasteiger partial charge on any atom is 0.189 e. The van der Waals surface area contributed by atoms with Crippen LogP contribution in [0, 0.1) is 5.92 Å². The lowest BCUT2D eigenvalue weighted by atomic mass is 10.0. The third-order valence-corrected chi connectivity index (χ3v) is 2.04. The highest BCUT2D eigenvalue weighted by Gasteiger charge is 2.30. The summed E-state index contributed by atoms with van der Waals surface area (Å²) in [7, 11) is 0. The number of ether oxygens (including phenoxy) is 2. The number of hydrogen-bond donors (Lipinski definition) is 1. The van der Waals surface area contributed by atoms with Gasteiger partial charge in [0.25, 0.3) is 0 Å². The lowest BCUT2D eigenvalue weighted by Gasteiger charge is -2.32. The standard InChI is InChI=1S/C9H18O3/c1-8(2)3-4-9(10)7-11-5-6-12-9/h8,10H,3-7H2,1-2H3. The normalized spacial score (nSPS) is 31.0. The molecule has 1 aliphatic heterocycles. The Balaban J connectivity index is 2.26. The summed E-state index contributed by atoms with van der Waals surface area (Å²) in [4.78, 5) is 0. The highest BCUT2D eigenvalue weighted by Crippen LogP contribution is 2.21. The van der Waals surface area contributed by atoms with Gasteiger partial charge in [-0.05, 0) is 12.3 Å². The molecule has 0 amide bonds. The first kappa shape index (κ1) is 9.96. The van der Waals surface area contributed by atoms with Gasteiger partial charge in [0.15, 0.2) is 5.79 Å².